The number of benzene rings is 1. The van der Waals surface area contributed by atoms with Crippen molar-refractivity contribution >= 4 is 17.8 Å². The highest BCUT2D eigenvalue weighted by Gasteiger charge is 2.22. The largest absolute Gasteiger partial charge is 0.486 e. The predicted molar refractivity (Wildman–Crippen MR) is 121 cm³/mol. The first-order valence-electron chi connectivity index (χ1n) is 10.7. The van der Waals surface area contributed by atoms with E-state index in [1.807, 2.05) is 11.8 Å². The van der Waals surface area contributed by atoms with Gasteiger partial charge in [-0.15, -0.1) is 0 Å². The minimum absolute atomic E-state index is 0.0952. The van der Waals surface area contributed by atoms with Crippen LogP contribution >= 0.6 is 0 Å². The molecule has 2 heterocycles. The Balaban J connectivity index is 1.34. The summed E-state index contributed by atoms with van der Waals surface area (Å²) < 4.78 is 19.3. The van der Waals surface area contributed by atoms with E-state index in [-0.39, 0.29) is 17.8 Å². The van der Waals surface area contributed by atoms with Crippen LogP contribution < -0.4 is 20.3 Å². The summed E-state index contributed by atoms with van der Waals surface area (Å²) in [6, 6.07) is 8.09. The fourth-order valence-corrected chi connectivity index (χ4v) is 3.32. The number of anilines is 1. The fraction of sp³-hybridized carbons (Fsp3) is 0.455. The summed E-state index contributed by atoms with van der Waals surface area (Å²) in [6.07, 6.45) is 3.54. The number of halogens is 1. The zero-order valence-electron chi connectivity index (χ0n) is 18.5. The second-order valence-corrected chi connectivity index (χ2v) is 7.41. The summed E-state index contributed by atoms with van der Waals surface area (Å²) in [4.78, 5) is 29.2. The number of carbonyl (C=O) groups excluding carboxylic acids is 1. The molecule has 1 aliphatic rings. The monoisotopic (exact) mass is 443 g/mol. The molecule has 0 spiro atoms. The van der Waals surface area contributed by atoms with Gasteiger partial charge in [-0.1, -0.05) is 12.1 Å². The van der Waals surface area contributed by atoms with E-state index in [1.54, 1.807) is 43.7 Å². The van der Waals surface area contributed by atoms with Gasteiger partial charge >= 0.3 is 0 Å². The molecule has 1 aromatic heterocycles. The van der Waals surface area contributed by atoms with Crippen molar-refractivity contribution in [2.24, 2.45) is 4.99 Å². The summed E-state index contributed by atoms with van der Waals surface area (Å²) >= 11 is 0. The molecule has 9 nitrogen and oxygen atoms in total. The Morgan fingerprint density at radius 1 is 1.16 bits per heavy atom. The van der Waals surface area contributed by atoms with E-state index in [0.717, 1.165) is 0 Å². The number of ether oxygens (including phenoxy) is 1. The van der Waals surface area contributed by atoms with Crippen molar-refractivity contribution in [2.45, 2.75) is 19.4 Å². The number of para-hydroxylation sites is 1. The lowest BCUT2D eigenvalue weighted by Gasteiger charge is -2.34. The fourth-order valence-electron chi connectivity index (χ4n) is 3.32. The van der Waals surface area contributed by atoms with Gasteiger partial charge in [0.1, 0.15) is 6.10 Å². The van der Waals surface area contributed by atoms with Crippen LogP contribution in [0.1, 0.15) is 13.3 Å². The number of piperazine rings is 1. The Labute approximate surface area is 187 Å². The minimum Gasteiger partial charge on any atom is -0.486 e. The second kappa shape index (κ2) is 11.8. The molecule has 1 unspecified atom stereocenters. The van der Waals surface area contributed by atoms with Gasteiger partial charge in [0, 0.05) is 58.6 Å². The molecule has 10 heteroatoms. The van der Waals surface area contributed by atoms with Crippen LogP contribution in [0, 0.1) is 5.82 Å². The lowest BCUT2D eigenvalue weighted by atomic mass is 10.3. The number of rotatable bonds is 8. The highest BCUT2D eigenvalue weighted by atomic mass is 19.1. The molecule has 1 amide bonds. The van der Waals surface area contributed by atoms with E-state index in [4.69, 9.17) is 4.74 Å². The summed E-state index contributed by atoms with van der Waals surface area (Å²) in [7, 11) is 1.66. The van der Waals surface area contributed by atoms with Crippen LogP contribution in [0.15, 0.2) is 47.7 Å². The number of nitrogens with zero attached hydrogens (tertiary/aromatic N) is 5. The maximum atomic E-state index is 13.7. The lowest BCUT2D eigenvalue weighted by molar-refractivity contribution is -0.131. The third-order valence-electron chi connectivity index (χ3n) is 5.04. The van der Waals surface area contributed by atoms with Crippen LogP contribution in [-0.4, -0.2) is 79.2 Å². The van der Waals surface area contributed by atoms with Gasteiger partial charge in [-0.05, 0) is 25.1 Å². The number of hydrogen-bond acceptors (Lipinski definition) is 6. The maximum absolute atomic E-state index is 13.7. The SMILES string of the molecule is CN=C(NCCC(=O)N1CCN(c2ncccn2)CC1)NCC(C)Oc1ccccc1F. The average Bonchev–Trinajstić information content (AvgIpc) is 2.83. The molecule has 1 aliphatic heterocycles. The molecule has 1 aromatic carbocycles. The molecule has 1 atom stereocenters. The van der Waals surface area contributed by atoms with Crippen molar-refractivity contribution < 1.29 is 13.9 Å². The zero-order chi connectivity index (χ0) is 22.8. The van der Waals surface area contributed by atoms with Crippen molar-refractivity contribution in [3.8, 4) is 5.75 Å². The molecule has 0 radical (unpaired) electrons. The van der Waals surface area contributed by atoms with Crippen molar-refractivity contribution in [3.63, 3.8) is 0 Å². The molecular weight excluding hydrogens is 413 g/mol. The molecule has 0 aliphatic carbocycles. The van der Waals surface area contributed by atoms with Crippen LogP contribution in [-0.2, 0) is 4.79 Å². The van der Waals surface area contributed by atoms with Crippen LogP contribution in [0.25, 0.3) is 0 Å². The smallest absolute Gasteiger partial charge is 0.225 e. The van der Waals surface area contributed by atoms with Gasteiger partial charge in [-0.2, -0.15) is 0 Å². The van der Waals surface area contributed by atoms with Crippen molar-refractivity contribution in [1.29, 1.82) is 0 Å². The van der Waals surface area contributed by atoms with Gasteiger partial charge < -0.3 is 25.2 Å². The Kier molecular flexibility index (Phi) is 8.59. The van der Waals surface area contributed by atoms with Crippen molar-refractivity contribution in [2.75, 3.05) is 51.2 Å². The quantitative estimate of drug-likeness (QED) is 0.469. The van der Waals surface area contributed by atoms with Crippen molar-refractivity contribution in [1.82, 2.24) is 25.5 Å². The van der Waals surface area contributed by atoms with Gasteiger partial charge in [-0.3, -0.25) is 9.79 Å². The van der Waals surface area contributed by atoms with Gasteiger partial charge in [0.05, 0.1) is 6.54 Å². The maximum Gasteiger partial charge on any atom is 0.225 e. The summed E-state index contributed by atoms with van der Waals surface area (Å²) in [5, 5.41) is 6.27. The van der Waals surface area contributed by atoms with E-state index in [9.17, 15) is 9.18 Å². The Morgan fingerprint density at radius 2 is 1.88 bits per heavy atom. The summed E-state index contributed by atoms with van der Waals surface area (Å²) in [5.74, 6) is 1.18. The van der Waals surface area contributed by atoms with Crippen molar-refractivity contribution in [3.05, 3.63) is 48.5 Å². The van der Waals surface area contributed by atoms with E-state index in [0.29, 0.717) is 57.6 Å². The first-order valence-corrected chi connectivity index (χ1v) is 10.7. The van der Waals surface area contributed by atoms with Gasteiger partial charge in [0.25, 0.3) is 0 Å². The number of carbonyl (C=O) groups is 1. The number of nitrogens with one attached hydrogen (secondary N) is 2. The number of amides is 1. The second-order valence-electron chi connectivity index (χ2n) is 7.41. The number of aromatic nitrogens is 2. The molecule has 32 heavy (non-hydrogen) atoms. The molecular formula is C22H30FN7O2. The molecule has 0 bridgehead atoms. The van der Waals surface area contributed by atoms with Gasteiger partial charge in [-0.25, -0.2) is 14.4 Å². The Morgan fingerprint density at radius 3 is 2.56 bits per heavy atom. The van der Waals surface area contributed by atoms with E-state index in [2.05, 4.69) is 30.5 Å². The predicted octanol–water partition coefficient (Wildman–Crippen LogP) is 1.29. The molecule has 2 N–H and O–H groups in total. The Bertz CT molecular complexity index is 889. The molecule has 1 fully saturated rings. The molecule has 2 aromatic rings. The van der Waals surface area contributed by atoms with Gasteiger partial charge in [0.15, 0.2) is 17.5 Å². The third kappa shape index (κ3) is 6.79. The van der Waals surface area contributed by atoms with E-state index < -0.39 is 5.82 Å². The zero-order valence-corrected chi connectivity index (χ0v) is 18.5. The number of guanidine groups is 1. The minimum atomic E-state index is -0.391. The summed E-state index contributed by atoms with van der Waals surface area (Å²) in [5.41, 5.74) is 0. The molecule has 3 rings (SSSR count). The average molecular weight is 444 g/mol. The first kappa shape index (κ1) is 23.2. The number of aliphatic imine (C=N–C) groups is 1. The highest BCUT2D eigenvalue weighted by Crippen LogP contribution is 2.16. The molecule has 1 saturated heterocycles. The first-order chi connectivity index (χ1) is 15.6. The van der Waals surface area contributed by atoms with E-state index >= 15 is 0 Å². The standard InChI is InChI=1S/C22H30FN7O2/c1-17(32-19-7-4-3-6-18(19)23)16-28-21(24-2)25-11-8-20(31)29-12-14-30(15-13-29)22-26-9-5-10-27-22/h3-7,9-10,17H,8,11-16H2,1-2H3,(H2,24,25,28). The van der Waals surface area contributed by atoms with E-state index in [1.165, 1.54) is 6.07 Å². The topological polar surface area (TPSA) is 95.0 Å². The normalized spacial score (nSPS) is 15.3. The Hall–Kier alpha value is -3.43. The van der Waals surface area contributed by atoms with Crippen LogP contribution in [0.2, 0.25) is 0 Å². The van der Waals surface area contributed by atoms with Crippen LogP contribution in [0.3, 0.4) is 0 Å². The van der Waals surface area contributed by atoms with Crippen LogP contribution in [0.5, 0.6) is 5.75 Å². The summed E-state index contributed by atoms with van der Waals surface area (Å²) in [6.45, 7) is 5.47. The van der Waals surface area contributed by atoms with Gasteiger partial charge in [0.2, 0.25) is 11.9 Å². The third-order valence-corrected chi connectivity index (χ3v) is 5.04. The lowest BCUT2D eigenvalue weighted by Crippen LogP contribution is -2.50. The molecule has 0 saturated carbocycles. The van der Waals surface area contributed by atoms with Crippen LogP contribution in [0.4, 0.5) is 10.3 Å². The number of hydrogen-bond donors (Lipinski definition) is 2. The molecule has 172 valence electrons. The highest BCUT2D eigenvalue weighted by molar-refractivity contribution is 5.81.